The van der Waals surface area contributed by atoms with Gasteiger partial charge in [0.05, 0.1) is 13.2 Å². The van der Waals surface area contributed by atoms with Crippen LogP contribution >= 0.6 is 0 Å². The van der Waals surface area contributed by atoms with Crippen LogP contribution < -0.4 is 10.6 Å². The van der Waals surface area contributed by atoms with Gasteiger partial charge in [-0.1, -0.05) is 44.2 Å². The van der Waals surface area contributed by atoms with Crippen LogP contribution in [0.2, 0.25) is 0 Å². The number of alkyl halides is 3. The molecule has 0 saturated heterocycles. The van der Waals surface area contributed by atoms with Crippen LogP contribution in [0.15, 0.2) is 30.3 Å². The molecule has 0 aliphatic heterocycles. The van der Waals surface area contributed by atoms with Gasteiger partial charge in [0.25, 0.3) is 11.5 Å². The number of amides is 2. The molecule has 0 radical (unpaired) electrons. The van der Waals surface area contributed by atoms with Gasteiger partial charge in [0.2, 0.25) is 0 Å². The van der Waals surface area contributed by atoms with Gasteiger partial charge in [-0.15, -0.1) is 0 Å². The first-order chi connectivity index (χ1) is 15.6. The molecule has 0 aliphatic carbocycles. The Labute approximate surface area is 197 Å². The van der Waals surface area contributed by atoms with Crippen LogP contribution in [0.25, 0.3) is 0 Å². The second-order valence-corrected chi connectivity index (χ2v) is 9.11. The molecule has 0 saturated carbocycles. The van der Waals surface area contributed by atoms with Crippen LogP contribution in [-0.2, 0) is 29.4 Å². The number of carbonyl (C=O) groups is 3. The number of methoxy groups -OCH3 is 2. The summed E-state index contributed by atoms with van der Waals surface area (Å²) in [5.74, 6) is -2.80. The third kappa shape index (κ3) is 7.34. The Morgan fingerprint density at radius 3 is 1.94 bits per heavy atom. The van der Waals surface area contributed by atoms with E-state index in [1.165, 1.54) is 18.2 Å². The molecular formula is C23H33F3N2O6. The normalized spacial score (nSPS) is 15.6. The van der Waals surface area contributed by atoms with Crippen molar-refractivity contribution < 1.29 is 41.8 Å². The predicted molar refractivity (Wildman–Crippen MR) is 118 cm³/mol. The van der Waals surface area contributed by atoms with Crippen molar-refractivity contribution >= 4 is 18.0 Å². The second-order valence-electron chi connectivity index (χ2n) is 9.11. The molecule has 8 nitrogen and oxygen atoms in total. The fourth-order valence-electron chi connectivity index (χ4n) is 3.36. The van der Waals surface area contributed by atoms with Crippen LogP contribution in [-0.4, -0.2) is 56.1 Å². The minimum atomic E-state index is -5.18. The Bertz CT molecular complexity index is 839. The molecule has 11 heteroatoms. The average molecular weight is 491 g/mol. The van der Waals surface area contributed by atoms with E-state index in [-0.39, 0.29) is 12.3 Å². The van der Waals surface area contributed by atoms with Gasteiger partial charge < -0.3 is 24.8 Å². The lowest BCUT2D eigenvalue weighted by atomic mass is 9.90. The smallest absolute Gasteiger partial charge is 0.430 e. The summed E-state index contributed by atoms with van der Waals surface area (Å²) in [5.41, 5.74) is -4.76. The lowest BCUT2D eigenvalue weighted by molar-refractivity contribution is -0.266. The standard InChI is InChI=1S/C23H33F3N2O6/c1-14(2)13-16(27-20(31)34-21(3,4)5)17(18(29)32-6)28-19(30)22(33-7,23(24,25)26)15-11-9-8-10-12-15/h8-12,14,16-17H,13H2,1-7H3,(H,27,31)(H,28,30)/t16-,17+,22+/m0/s1. The molecule has 1 aromatic rings. The summed E-state index contributed by atoms with van der Waals surface area (Å²) in [5, 5.41) is 4.58. The number of benzene rings is 1. The van der Waals surface area contributed by atoms with E-state index in [2.05, 4.69) is 10.6 Å². The molecule has 0 bridgehead atoms. The summed E-state index contributed by atoms with van der Waals surface area (Å²) in [7, 11) is 1.77. The summed E-state index contributed by atoms with van der Waals surface area (Å²) in [6, 6.07) is 3.52. The van der Waals surface area contributed by atoms with Crippen molar-refractivity contribution in [2.24, 2.45) is 5.92 Å². The number of nitrogens with one attached hydrogen (secondary N) is 2. The van der Waals surface area contributed by atoms with E-state index in [4.69, 9.17) is 14.2 Å². The van der Waals surface area contributed by atoms with E-state index in [1.54, 1.807) is 34.6 Å². The van der Waals surface area contributed by atoms with Gasteiger partial charge in [0.1, 0.15) is 11.6 Å². The van der Waals surface area contributed by atoms with E-state index in [0.717, 1.165) is 26.4 Å². The number of halogens is 3. The minimum absolute atomic E-state index is 0.118. The Morgan fingerprint density at radius 2 is 1.53 bits per heavy atom. The third-order valence-electron chi connectivity index (χ3n) is 4.78. The molecular weight excluding hydrogens is 457 g/mol. The summed E-state index contributed by atoms with van der Waals surface area (Å²) in [6.07, 6.45) is -5.96. The van der Waals surface area contributed by atoms with E-state index in [1.807, 2.05) is 0 Å². The molecule has 0 fully saturated rings. The number of ether oxygens (including phenoxy) is 3. The predicted octanol–water partition coefficient (Wildman–Crippen LogP) is 3.69. The highest BCUT2D eigenvalue weighted by Gasteiger charge is 2.63. The van der Waals surface area contributed by atoms with Crippen LogP contribution in [0.5, 0.6) is 0 Å². The number of esters is 1. The van der Waals surface area contributed by atoms with Gasteiger partial charge in [-0.05, 0) is 33.1 Å². The first-order valence-electron chi connectivity index (χ1n) is 10.6. The first kappa shape index (κ1) is 29.2. The van der Waals surface area contributed by atoms with Gasteiger partial charge in [-0.2, -0.15) is 13.2 Å². The fraction of sp³-hybridized carbons (Fsp3) is 0.609. The molecule has 0 spiro atoms. The Balaban J connectivity index is 3.45. The lowest BCUT2D eigenvalue weighted by Crippen LogP contribution is -2.63. The molecule has 34 heavy (non-hydrogen) atoms. The molecule has 0 unspecified atom stereocenters. The number of rotatable bonds is 9. The topological polar surface area (TPSA) is 103 Å². The molecule has 1 rings (SSSR count). The molecule has 0 aliphatic rings. The second kappa shape index (κ2) is 11.5. The highest BCUT2D eigenvalue weighted by Crippen LogP contribution is 2.42. The third-order valence-corrected chi connectivity index (χ3v) is 4.78. The summed E-state index contributed by atoms with van der Waals surface area (Å²) in [6.45, 7) is 8.43. The maximum absolute atomic E-state index is 14.3. The molecule has 3 atom stereocenters. The summed E-state index contributed by atoms with van der Waals surface area (Å²) < 4.78 is 57.5. The lowest BCUT2D eigenvalue weighted by Gasteiger charge is -2.36. The van der Waals surface area contributed by atoms with E-state index in [0.29, 0.717) is 0 Å². The van der Waals surface area contributed by atoms with E-state index in [9.17, 15) is 27.6 Å². The van der Waals surface area contributed by atoms with E-state index < -0.39 is 53.0 Å². The number of alkyl carbamates (subject to hydrolysis) is 1. The quantitative estimate of drug-likeness (QED) is 0.512. The van der Waals surface area contributed by atoms with Crippen molar-refractivity contribution in [1.82, 2.24) is 10.6 Å². The average Bonchev–Trinajstić information content (AvgIpc) is 2.70. The molecule has 2 N–H and O–H groups in total. The zero-order valence-electron chi connectivity index (χ0n) is 20.4. The zero-order chi connectivity index (χ0) is 26.3. The SMILES string of the molecule is COC(=O)[C@H](NC(=O)[C@](OC)(c1ccccc1)C(F)(F)F)[C@H](CC(C)C)NC(=O)OC(C)(C)C. The van der Waals surface area contributed by atoms with Crippen molar-refractivity contribution in [2.45, 2.75) is 70.5 Å². The maximum Gasteiger partial charge on any atom is 0.430 e. The van der Waals surface area contributed by atoms with Crippen LogP contribution in [0.1, 0.15) is 46.6 Å². The maximum atomic E-state index is 14.3. The van der Waals surface area contributed by atoms with Crippen LogP contribution in [0, 0.1) is 5.92 Å². The number of hydrogen-bond acceptors (Lipinski definition) is 6. The van der Waals surface area contributed by atoms with Crippen molar-refractivity contribution in [1.29, 1.82) is 0 Å². The van der Waals surface area contributed by atoms with E-state index >= 15 is 0 Å². The summed E-state index contributed by atoms with van der Waals surface area (Å²) >= 11 is 0. The van der Waals surface area contributed by atoms with Crippen molar-refractivity contribution in [3.63, 3.8) is 0 Å². The zero-order valence-corrected chi connectivity index (χ0v) is 20.4. The van der Waals surface area contributed by atoms with Crippen LogP contribution in [0.4, 0.5) is 18.0 Å². The molecule has 1 aromatic carbocycles. The van der Waals surface area contributed by atoms with Gasteiger partial charge in [0.15, 0.2) is 0 Å². The van der Waals surface area contributed by atoms with Crippen molar-refractivity contribution in [3.05, 3.63) is 35.9 Å². The van der Waals surface area contributed by atoms with Gasteiger partial charge >= 0.3 is 18.2 Å². The largest absolute Gasteiger partial charge is 0.467 e. The molecule has 0 heterocycles. The highest BCUT2D eigenvalue weighted by atomic mass is 19.4. The molecule has 0 aromatic heterocycles. The minimum Gasteiger partial charge on any atom is -0.467 e. The van der Waals surface area contributed by atoms with Gasteiger partial charge in [0, 0.05) is 12.7 Å². The highest BCUT2D eigenvalue weighted by molar-refractivity contribution is 5.92. The number of carbonyl (C=O) groups excluding carboxylic acids is 3. The van der Waals surface area contributed by atoms with Gasteiger partial charge in [-0.3, -0.25) is 4.79 Å². The van der Waals surface area contributed by atoms with Crippen molar-refractivity contribution in [2.75, 3.05) is 14.2 Å². The molecule has 2 amide bonds. The summed E-state index contributed by atoms with van der Waals surface area (Å²) in [4.78, 5) is 38.1. The van der Waals surface area contributed by atoms with Crippen LogP contribution in [0.3, 0.4) is 0 Å². The van der Waals surface area contributed by atoms with Gasteiger partial charge in [-0.25, -0.2) is 9.59 Å². The number of hydrogen-bond donors (Lipinski definition) is 2. The fourth-order valence-corrected chi connectivity index (χ4v) is 3.36. The Kier molecular flexibility index (Phi) is 9.92. The molecule has 192 valence electrons. The Hall–Kier alpha value is -2.82. The first-order valence-corrected chi connectivity index (χ1v) is 10.6. The Morgan fingerprint density at radius 1 is 0.971 bits per heavy atom. The monoisotopic (exact) mass is 490 g/mol. The van der Waals surface area contributed by atoms with Crippen molar-refractivity contribution in [3.8, 4) is 0 Å².